The van der Waals surface area contributed by atoms with Gasteiger partial charge in [-0.1, -0.05) is 18.2 Å². The molecule has 2 aromatic carbocycles. The summed E-state index contributed by atoms with van der Waals surface area (Å²) in [5.41, 5.74) is 6.68. The first-order chi connectivity index (χ1) is 9.41. The van der Waals surface area contributed by atoms with Crippen molar-refractivity contribution in [3.63, 3.8) is 0 Å². The van der Waals surface area contributed by atoms with E-state index < -0.39 is 20.5 Å². The van der Waals surface area contributed by atoms with E-state index in [2.05, 4.69) is 5.32 Å². The van der Waals surface area contributed by atoms with Crippen LogP contribution in [0.25, 0.3) is 0 Å². The van der Waals surface area contributed by atoms with Gasteiger partial charge in [0.1, 0.15) is 0 Å². The van der Waals surface area contributed by atoms with Gasteiger partial charge in [0.25, 0.3) is 0 Å². The largest absolute Gasteiger partial charge is 0.399 e. The summed E-state index contributed by atoms with van der Waals surface area (Å²) < 4.78 is 48.5. The van der Waals surface area contributed by atoms with E-state index in [1.807, 2.05) is 0 Å². The fourth-order valence-corrected chi connectivity index (χ4v) is 2.57. The summed E-state index contributed by atoms with van der Waals surface area (Å²) in [5, 5.41) is 2.78. The number of alkyl halides is 2. The second kappa shape index (κ2) is 5.46. The lowest BCUT2D eigenvalue weighted by atomic mass is 10.2. The normalized spacial score (nSPS) is 11.6. The Hall–Kier alpha value is -2.15. The summed E-state index contributed by atoms with van der Waals surface area (Å²) in [6.45, 7) is 0. The maximum atomic E-state index is 12.6. The van der Waals surface area contributed by atoms with E-state index >= 15 is 0 Å². The van der Waals surface area contributed by atoms with E-state index in [4.69, 9.17) is 5.73 Å². The second-order valence-electron chi connectivity index (χ2n) is 4.05. The first-order valence-corrected chi connectivity index (χ1v) is 7.19. The zero-order valence-electron chi connectivity index (χ0n) is 10.3. The van der Waals surface area contributed by atoms with Crippen molar-refractivity contribution in [2.75, 3.05) is 11.1 Å². The van der Waals surface area contributed by atoms with Crippen molar-refractivity contribution in [3.8, 4) is 0 Å². The molecule has 0 radical (unpaired) electrons. The van der Waals surface area contributed by atoms with Crippen LogP contribution in [0.15, 0.2) is 53.4 Å². The zero-order valence-corrected chi connectivity index (χ0v) is 11.1. The standard InChI is InChI=1S/C13H12F2N2O2S/c14-13(15)20(18,19)12-7-2-1-6-11(12)17-10-5-3-4-9(16)8-10/h1-8,13,17H,16H2. The molecule has 0 saturated heterocycles. The van der Waals surface area contributed by atoms with E-state index in [1.165, 1.54) is 12.1 Å². The van der Waals surface area contributed by atoms with Crippen LogP contribution in [0.3, 0.4) is 0 Å². The molecule has 0 atom stereocenters. The van der Waals surface area contributed by atoms with Crippen molar-refractivity contribution in [1.29, 1.82) is 0 Å². The topological polar surface area (TPSA) is 72.2 Å². The van der Waals surface area contributed by atoms with E-state index in [1.54, 1.807) is 30.3 Å². The van der Waals surface area contributed by atoms with Gasteiger partial charge < -0.3 is 11.1 Å². The Morgan fingerprint density at radius 3 is 2.40 bits per heavy atom. The molecule has 2 aromatic rings. The minimum Gasteiger partial charge on any atom is -0.399 e. The number of anilines is 3. The van der Waals surface area contributed by atoms with Gasteiger partial charge in [-0.15, -0.1) is 0 Å². The van der Waals surface area contributed by atoms with E-state index in [9.17, 15) is 17.2 Å². The van der Waals surface area contributed by atoms with Crippen LogP contribution in [0.1, 0.15) is 0 Å². The van der Waals surface area contributed by atoms with Gasteiger partial charge in [0.05, 0.1) is 10.6 Å². The van der Waals surface area contributed by atoms with Gasteiger partial charge in [0, 0.05) is 11.4 Å². The maximum Gasteiger partial charge on any atom is 0.341 e. The highest BCUT2D eigenvalue weighted by molar-refractivity contribution is 7.91. The molecule has 0 aliphatic heterocycles. The number of hydrogen-bond acceptors (Lipinski definition) is 4. The van der Waals surface area contributed by atoms with E-state index in [0.29, 0.717) is 11.4 Å². The third-order valence-corrected chi connectivity index (χ3v) is 4.03. The maximum absolute atomic E-state index is 12.6. The molecule has 7 heteroatoms. The van der Waals surface area contributed by atoms with Gasteiger partial charge >= 0.3 is 5.76 Å². The molecule has 2 rings (SSSR count). The third kappa shape index (κ3) is 2.88. The Morgan fingerprint density at radius 2 is 1.75 bits per heavy atom. The summed E-state index contributed by atoms with van der Waals surface area (Å²) in [6.07, 6.45) is 0. The Morgan fingerprint density at radius 1 is 1.05 bits per heavy atom. The highest BCUT2D eigenvalue weighted by Gasteiger charge is 2.28. The average Bonchev–Trinajstić information content (AvgIpc) is 2.39. The molecule has 0 bridgehead atoms. The quantitative estimate of drug-likeness (QED) is 0.851. The summed E-state index contributed by atoms with van der Waals surface area (Å²) in [4.78, 5) is -0.447. The molecule has 20 heavy (non-hydrogen) atoms. The van der Waals surface area contributed by atoms with Gasteiger partial charge in [0.15, 0.2) is 0 Å². The molecule has 3 N–H and O–H groups in total. The summed E-state index contributed by atoms with van der Waals surface area (Å²) in [7, 11) is -4.66. The fraction of sp³-hybridized carbons (Fsp3) is 0.0769. The van der Waals surface area contributed by atoms with Crippen molar-refractivity contribution in [3.05, 3.63) is 48.5 Å². The Bertz CT molecular complexity index is 718. The third-order valence-electron chi connectivity index (χ3n) is 2.59. The minimum atomic E-state index is -4.66. The number of hydrogen-bond donors (Lipinski definition) is 2. The van der Waals surface area contributed by atoms with E-state index in [-0.39, 0.29) is 5.69 Å². The monoisotopic (exact) mass is 298 g/mol. The molecule has 4 nitrogen and oxygen atoms in total. The van der Waals surface area contributed by atoms with E-state index in [0.717, 1.165) is 6.07 Å². The molecular formula is C13H12F2N2O2S. The molecule has 0 fully saturated rings. The highest BCUT2D eigenvalue weighted by atomic mass is 32.2. The van der Waals surface area contributed by atoms with Crippen LogP contribution in [-0.2, 0) is 9.84 Å². The Kier molecular flexibility index (Phi) is 3.89. The van der Waals surface area contributed by atoms with Crippen LogP contribution in [-0.4, -0.2) is 14.2 Å². The molecule has 0 spiro atoms. The van der Waals surface area contributed by atoms with Crippen molar-refractivity contribution in [1.82, 2.24) is 0 Å². The lowest BCUT2D eigenvalue weighted by molar-refractivity contribution is 0.235. The van der Waals surface area contributed by atoms with Gasteiger partial charge in [-0.2, -0.15) is 8.78 Å². The number of rotatable bonds is 4. The summed E-state index contributed by atoms with van der Waals surface area (Å²) >= 11 is 0. The summed E-state index contributed by atoms with van der Waals surface area (Å²) in [5.74, 6) is -3.47. The first kappa shape index (κ1) is 14.3. The predicted octanol–water partition coefficient (Wildman–Crippen LogP) is 3.01. The number of nitrogens with one attached hydrogen (secondary N) is 1. The van der Waals surface area contributed by atoms with Gasteiger partial charge in [0.2, 0.25) is 9.84 Å². The molecule has 0 saturated carbocycles. The van der Waals surface area contributed by atoms with Crippen LogP contribution in [0, 0.1) is 0 Å². The molecule has 0 aromatic heterocycles. The second-order valence-corrected chi connectivity index (χ2v) is 5.94. The number of benzene rings is 2. The van der Waals surface area contributed by atoms with Crippen molar-refractivity contribution < 1.29 is 17.2 Å². The average molecular weight is 298 g/mol. The van der Waals surface area contributed by atoms with Gasteiger partial charge in [-0.05, 0) is 30.3 Å². The first-order valence-electron chi connectivity index (χ1n) is 5.65. The van der Waals surface area contributed by atoms with Crippen molar-refractivity contribution in [2.24, 2.45) is 0 Å². The molecule has 0 aliphatic carbocycles. The smallest absolute Gasteiger partial charge is 0.341 e. The molecular weight excluding hydrogens is 286 g/mol. The molecule has 0 unspecified atom stereocenters. The van der Waals surface area contributed by atoms with Crippen LogP contribution < -0.4 is 11.1 Å². The molecule has 106 valence electrons. The Balaban J connectivity index is 2.44. The summed E-state index contributed by atoms with van der Waals surface area (Å²) in [6, 6.07) is 12.1. The van der Waals surface area contributed by atoms with Gasteiger partial charge in [-0.25, -0.2) is 8.42 Å². The number of nitrogen functional groups attached to an aromatic ring is 1. The SMILES string of the molecule is Nc1cccc(Nc2ccccc2S(=O)(=O)C(F)F)c1. The number of nitrogens with two attached hydrogens (primary N) is 1. The van der Waals surface area contributed by atoms with Crippen molar-refractivity contribution in [2.45, 2.75) is 10.7 Å². The fourth-order valence-electron chi connectivity index (χ4n) is 1.69. The zero-order chi connectivity index (χ0) is 14.8. The molecule has 0 amide bonds. The number of para-hydroxylation sites is 1. The predicted molar refractivity (Wildman–Crippen MR) is 73.8 cm³/mol. The molecule has 0 aliphatic rings. The van der Waals surface area contributed by atoms with Gasteiger partial charge in [-0.3, -0.25) is 0 Å². The van der Waals surface area contributed by atoms with Crippen LogP contribution >= 0.6 is 0 Å². The van der Waals surface area contributed by atoms with Crippen LogP contribution in [0.2, 0.25) is 0 Å². The van der Waals surface area contributed by atoms with Crippen LogP contribution in [0.4, 0.5) is 25.8 Å². The number of sulfone groups is 1. The Labute approximate surface area is 115 Å². The van der Waals surface area contributed by atoms with Crippen molar-refractivity contribution >= 4 is 26.9 Å². The number of halogens is 2. The van der Waals surface area contributed by atoms with Crippen LogP contribution in [0.5, 0.6) is 0 Å². The lowest BCUT2D eigenvalue weighted by Gasteiger charge is -2.12. The minimum absolute atomic E-state index is 0.0819. The molecule has 0 heterocycles. The highest BCUT2D eigenvalue weighted by Crippen LogP contribution is 2.29. The lowest BCUT2D eigenvalue weighted by Crippen LogP contribution is -2.13.